The summed E-state index contributed by atoms with van der Waals surface area (Å²) in [7, 11) is 0. The van der Waals surface area contributed by atoms with E-state index in [2.05, 4.69) is 5.32 Å². The Morgan fingerprint density at radius 2 is 1.96 bits per heavy atom. The molecule has 3 aromatic rings. The van der Waals surface area contributed by atoms with Gasteiger partial charge in [-0.1, -0.05) is 17.7 Å². The smallest absolute Gasteiger partial charge is 0.244 e. The van der Waals surface area contributed by atoms with Crippen molar-refractivity contribution in [1.29, 1.82) is 0 Å². The summed E-state index contributed by atoms with van der Waals surface area (Å²) in [4.78, 5) is 24.5. The van der Waals surface area contributed by atoms with E-state index in [4.69, 9.17) is 11.6 Å². The summed E-state index contributed by atoms with van der Waals surface area (Å²) in [5.74, 6) is -0.851. The molecule has 1 heterocycles. The molecule has 0 saturated carbocycles. The van der Waals surface area contributed by atoms with Crippen molar-refractivity contribution in [3.63, 3.8) is 0 Å². The van der Waals surface area contributed by atoms with Crippen LogP contribution in [0.2, 0.25) is 5.02 Å². The van der Waals surface area contributed by atoms with E-state index in [-0.39, 0.29) is 28.8 Å². The molecule has 2 aromatic carbocycles. The number of carbonyl (C=O) groups excluding carboxylic acids is 1. The van der Waals surface area contributed by atoms with Gasteiger partial charge in [0.1, 0.15) is 12.4 Å². The molecule has 0 radical (unpaired) electrons. The van der Waals surface area contributed by atoms with Gasteiger partial charge in [-0.05, 0) is 49.7 Å². The van der Waals surface area contributed by atoms with Crippen LogP contribution < -0.4 is 10.7 Å². The average Bonchev–Trinajstić information content (AvgIpc) is 2.54. The Hall–Kier alpha value is -2.66. The van der Waals surface area contributed by atoms with Crippen LogP contribution in [0.5, 0.6) is 0 Å². The Morgan fingerprint density at radius 1 is 1.20 bits per heavy atom. The second-order valence-electron chi connectivity index (χ2n) is 5.88. The number of para-hydroxylation sites is 1. The Balaban J connectivity index is 1.98. The van der Waals surface area contributed by atoms with Gasteiger partial charge in [-0.15, -0.1) is 0 Å². The highest BCUT2D eigenvalue weighted by Gasteiger charge is 2.14. The predicted octanol–water partition coefficient (Wildman–Crippen LogP) is 4.05. The fourth-order valence-corrected chi connectivity index (χ4v) is 3.04. The standard InChI is InChI=1S/C19H16ClFN2O2/c1-11-8-13(20)6-7-16(11)22-18(25)10-23-12(2)9-17(24)14-4-3-5-15(21)19(14)23/h3-9H,10H2,1-2H3,(H,22,25). The molecule has 0 atom stereocenters. The normalized spacial score (nSPS) is 10.9. The molecule has 4 nitrogen and oxygen atoms in total. The lowest BCUT2D eigenvalue weighted by Gasteiger charge is -2.15. The van der Waals surface area contributed by atoms with E-state index in [1.165, 1.54) is 22.8 Å². The van der Waals surface area contributed by atoms with E-state index in [1.807, 2.05) is 6.92 Å². The minimum absolute atomic E-state index is 0.106. The third-order valence-electron chi connectivity index (χ3n) is 4.05. The third kappa shape index (κ3) is 3.42. The minimum Gasteiger partial charge on any atom is -0.333 e. The number of carbonyl (C=O) groups is 1. The first-order valence-corrected chi connectivity index (χ1v) is 8.09. The Morgan fingerprint density at radius 3 is 2.68 bits per heavy atom. The van der Waals surface area contributed by atoms with Gasteiger partial charge in [-0.25, -0.2) is 4.39 Å². The molecule has 0 aliphatic heterocycles. The number of fused-ring (bicyclic) bond motifs is 1. The predicted molar refractivity (Wildman–Crippen MR) is 97.7 cm³/mol. The number of halogens is 2. The molecule has 1 aromatic heterocycles. The second kappa shape index (κ2) is 6.69. The molecule has 0 aliphatic rings. The zero-order valence-corrected chi connectivity index (χ0v) is 14.5. The number of rotatable bonds is 3. The zero-order chi connectivity index (χ0) is 18.1. The fourth-order valence-electron chi connectivity index (χ4n) is 2.81. The summed E-state index contributed by atoms with van der Waals surface area (Å²) in [5.41, 5.74) is 1.85. The van der Waals surface area contributed by atoms with Gasteiger partial charge in [0, 0.05) is 27.9 Å². The van der Waals surface area contributed by atoms with E-state index >= 15 is 0 Å². The lowest BCUT2D eigenvalue weighted by Crippen LogP contribution is -2.23. The largest absolute Gasteiger partial charge is 0.333 e. The molecule has 6 heteroatoms. The molecule has 25 heavy (non-hydrogen) atoms. The number of hydrogen-bond donors (Lipinski definition) is 1. The van der Waals surface area contributed by atoms with Gasteiger partial charge in [0.25, 0.3) is 0 Å². The molecule has 0 fully saturated rings. The summed E-state index contributed by atoms with van der Waals surface area (Å²) >= 11 is 5.91. The first kappa shape index (κ1) is 17.2. The van der Waals surface area contributed by atoms with Crippen LogP contribution >= 0.6 is 11.6 Å². The van der Waals surface area contributed by atoms with E-state index in [1.54, 1.807) is 31.2 Å². The maximum atomic E-state index is 14.3. The molecule has 0 saturated heterocycles. The van der Waals surface area contributed by atoms with Crippen LogP contribution in [0.3, 0.4) is 0 Å². The molecule has 3 rings (SSSR count). The number of benzene rings is 2. The maximum absolute atomic E-state index is 14.3. The number of nitrogens with one attached hydrogen (secondary N) is 1. The average molecular weight is 359 g/mol. The van der Waals surface area contributed by atoms with Crippen molar-refractivity contribution in [2.45, 2.75) is 20.4 Å². The van der Waals surface area contributed by atoms with Crippen LogP contribution in [0.25, 0.3) is 10.9 Å². The van der Waals surface area contributed by atoms with Gasteiger partial charge in [0.15, 0.2) is 5.43 Å². The van der Waals surface area contributed by atoms with Gasteiger partial charge < -0.3 is 9.88 Å². The Kier molecular flexibility index (Phi) is 4.59. The van der Waals surface area contributed by atoms with Gasteiger partial charge >= 0.3 is 0 Å². The summed E-state index contributed by atoms with van der Waals surface area (Å²) in [6.07, 6.45) is 0. The highest BCUT2D eigenvalue weighted by atomic mass is 35.5. The van der Waals surface area contributed by atoms with Crippen molar-refractivity contribution in [3.8, 4) is 0 Å². The van der Waals surface area contributed by atoms with Crippen LogP contribution in [0.15, 0.2) is 47.3 Å². The molecule has 1 N–H and O–H groups in total. The van der Waals surface area contributed by atoms with Crippen LogP contribution in [0.1, 0.15) is 11.3 Å². The van der Waals surface area contributed by atoms with Crippen LogP contribution in [-0.4, -0.2) is 10.5 Å². The molecular formula is C19H16ClFN2O2. The van der Waals surface area contributed by atoms with Crippen LogP contribution in [0.4, 0.5) is 10.1 Å². The monoisotopic (exact) mass is 358 g/mol. The van der Waals surface area contributed by atoms with E-state index in [9.17, 15) is 14.0 Å². The second-order valence-corrected chi connectivity index (χ2v) is 6.32. The van der Waals surface area contributed by atoms with Crippen LogP contribution in [-0.2, 0) is 11.3 Å². The molecule has 0 unspecified atom stereocenters. The topological polar surface area (TPSA) is 51.1 Å². The zero-order valence-electron chi connectivity index (χ0n) is 13.8. The number of amides is 1. The summed E-state index contributed by atoms with van der Waals surface area (Å²) in [6, 6.07) is 10.9. The molecule has 1 amide bonds. The van der Waals surface area contributed by atoms with Gasteiger partial charge in [-0.2, -0.15) is 0 Å². The van der Waals surface area contributed by atoms with Crippen molar-refractivity contribution in [1.82, 2.24) is 4.57 Å². The molecule has 0 bridgehead atoms. The quantitative estimate of drug-likeness (QED) is 0.768. The first-order chi connectivity index (χ1) is 11.9. The molecule has 0 spiro atoms. The van der Waals surface area contributed by atoms with Crippen LogP contribution in [0, 0.1) is 19.7 Å². The highest BCUT2D eigenvalue weighted by Crippen LogP contribution is 2.20. The number of aromatic nitrogens is 1. The fraction of sp³-hybridized carbons (Fsp3) is 0.158. The lowest BCUT2D eigenvalue weighted by molar-refractivity contribution is -0.116. The van der Waals surface area contributed by atoms with Gasteiger partial charge in [-0.3, -0.25) is 9.59 Å². The molecular weight excluding hydrogens is 343 g/mol. The Bertz CT molecular complexity index is 1040. The number of hydrogen-bond acceptors (Lipinski definition) is 2. The van der Waals surface area contributed by atoms with Crippen molar-refractivity contribution >= 4 is 34.1 Å². The van der Waals surface area contributed by atoms with Crippen molar-refractivity contribution in [3.05, 3.63) is 74.8 Å². The molecule has 128 valence electrons. The van der Waals surface area contributed by atoms with Crippen molar-refractivity contribution in [2.75, 3.05) is 5.32 Å². The van der Waals surface area contributed by atoms with E-state index in [0.717, 1.165) is 5.56 Å². The van der Waals surface area contributed by atoms with E-state index in [0.29, 0.717) is 16.4 Å². The van der Waals surface area contributed by atoms with Gasteiger partial charge in [0.2, 0.25) is 5.91 Å². The number of nitrogens with zero attached hydrogens (tertiary/aromatic N) is 1. The highest BCUT2D eigenvalue weighted by molar-refractivity contribution is 6.30. The number of pyridine rings is 1. The minimum atomic E-state index is -0.534. The Labute approximate surface area is 148 Å². The van der Waals surface area contributed by atoms with Gasteiger partial charge in [0.05, 0.1) is 5.52 Å². The van der Waals surface area contributed by atoms with Crippen molar-refractivity contribution < 1.29 is 9.18 Å². The number of anilines is 1. The summed E-state index contributed by atoms with van der Waals surface area (Å²) in [6.45, 7) is 3.40. The SMILES string of the molecule is Cc1cc(Cl)ccc1NC(=O)Cn1c(C)cc(=O)c2cccc(F)c21. The maximum Gasteiger partial charge on any atom is 0.244 e. The lowest BCUT2D eigenvalue weighted by atomic mass is 10.1. The molecule has 0 aliphatic carbocycles. The summed E-state index contributed by atoms with van der Waals surface area (Å²) in [5, 5.41) is 3.63. The number of aryl methyl sites for hydroxylation is 2. The van der Waals surface area contributed by atoms with Crippen molar-refractivity contribution in [2.24, 2.45) is 0 Å². The first-order valence-electron chi connectivity index (χ1n) is 7.71. The van der Waals surface area contributed by atoms with E-state index < -0.39 is 5.82 Å². The third-order valence-corrected chi connectivity index (χ3v) is 4.29. The summed E-state index contributed by atoms with van der Waals surface area (Å²) < 4.78 is 15.8.